The van der Waals surface area contributed by atoms with Crippen LogP contribution in [0.1, 0.15) is 6.42 Å². The maximum absolute atomic E-state index is 13.2. The van der Waals surface area contributed by atoms with Crippen LogP contribution in [0.3, 0.4) is 0 Å². The van der Waals surface area contributed by atoms with E-state index in [0.717, 1.165) is 29.7 Å². The number of H-pyrrole nitrogens is 1. The smallest absolute Gasteiger partial charge is 0.178 e. The zero-order chi connectivity index (χ0) is 14.7. The highest BCUT2D eigenvalue weighted by atomic mass is 32.1. The van der Waals surface area contributed by atoms with Crippen molar-refractivity contribution < 1.29 is 9.13 Å². The number of para-hydroxylation sites is 1. The highest BCUT2D eigenvalue weighted by molar-refractivity contribution is 7.71. The Morgan fingerprint density at radius 3 is 2.76 bits per heavy atom. The van der Waals surface area contributed by atoms with Crippen molar-refractivity contribution in [2.75, 3.05) is 6.61 Å². The zero-order valence-electron chi connectivity index (χ0n) is 11.4. The summed E-state index contributed by atoms with van der Waals surface area (Å²) >= 11 is 5.28. The summed E-state index contributed by atoms with van der Waals surface area (Å²) in [6.07, 6.45) is 0.827. The number of aryl methyl sites for hydroxylation is 1. The fourth-order valence-electron chi connectivity index (χ4n) is 2.29. The molecule has 0 amide bonds. The predicted molar refractivity (Wildman–Crippen MR) is 83.6 cm³/mol. The van der Waals surface area contributed by atoms with Crippen LogP contribution in [0.15, 0.2) is 48.5 Å². The van der Waals surface area contributed by atoms with E-state index in [2.05, 4.69) is 4.98 Å². The van der Waals surface area contributed by atoms with Crippen molar-refractivity contribution in [3.05, 3.63) is 59.1 Å². The van der Waals surface area contributed by atoms with Gasteiger partial charge >= 0.3 is 0 Å². The van der Waals surface area contributed by atoms with Gasteiger partial charge in [0.25, 0.3) is 0 Å². The molecule has 0 atom stereocenters. The van der Waals surface area contributed by atoms with Crippen LogP contribution in [0.25, 0.3) is 11.0 Å². The van der Waals surface area contributed by atoms with Crippen LogP contribution in [-0.2, 0) is 6.54 Å². The highest BCUT2D eigenvalue weighted by Crippen LogP contribution is 2.16. The summed E-state index contributed by atoms with van der Waals surface area (Å²) in [6.45, 7) is 1.34. The number of nitrogens with zero attached hydrogens (tertiary/aromatic N) is 1. The normalized spacial score (nSPS) is 10.9. The van der Waals surface area contributed by atoms with E-state index in [1.165, 1.54) is 12.1 Å². The monoisotopic (exact) mass is 302 g/mol. The molecule has 0 aliphatic rings. The fourth-order valence-corrected chi connectivity index (χ4v) is 2.59. The van der Waals surface area contributed by atoms with Crippen LogP contribution in [0.5, 0.6) is 5.75 Å². The molecule has 0 aliphatic heterocycles. The maximum Gasteiger partial charge on any atom is 0.178 e. The molecule has 0 fully saturated rings. The molecule has 3 nitrogen and oxygen atoms in total. The molecule has 2 aromatic carbocycles. The van der Waals surface area contributed by atoms with Gasteiger partial charge in [0.2, 0.25) is 0 Å². The largest absolute Gasteiger partial charge is 0.494 e. The molecular weight excluding hydrogens is 287 g/mol. The SMILES string of the molecule is Fc1ccc2c(c1)[nH]c(=S)n2CCCOc1ccccc1. The van der Waals surface area contributed by atoms with Crippen molar-refractivity contribution in [1.82, 2.24) is 9.55 Å². The van der Waals surface area contributed by atoms with E-state index in [0.29, 0.717) is 11.4 Å². The van der Waals surface area contributed by atoms with Crippen molar-refractivity contribution in [2.24, 2.45) is 0 Å². The van der Waals surface area contributed by atoms with Gasteiger partial charge in [0.15, 0.2) is 4.77 Å². The average molecular weight is 302 g/mol. The third kappa shape index (κ3) is 3.13. The van der Waals surface area contributed by atoms with Gasteiger partial charge in [0, 0.05) is 6.54 Å². The van der Waals surface area contributed by atoms with Crippen molar-refractivity contribution in [2.45, 2.75) is 13.0 Å². The lowest BCUT2D eigenvalue weighted by atomic mass is 10.3. The molecule has 0 spiro atoms. The number of aromatic nitrogens is 2. The number of rotatable bonds is 5. The van der Waals surface area contributed by atoms with E-state index < -0.39 is 0 Å². The Bertz CT molecular complexity index is 795. The molecule has 0 saturated heterocycles. The number of imidazole rings is 1. The van der Waals surface area contributed by atoms with Crippen LogP contribution in [0.2, 0.25) is 0 Å². The number of fused-ring (bicyclic) bond motifs is 1. The number of ether oxygens (including phenoxy) is 1. The highest BCUT2D eigenvalue weighted by Gasteiger charge is 2.05. The number of halogens is 1. The molecule has 21 heavy (non-hydrogen) atoms. The molecule has 5 heteroatoms. The summed E-state index contributed by atoms with van der Waals surface area (Å²) in [5, 5.41) is 0. The van der Waals surface area contributed by atoms with Crippen molar-refractivity contribution in [1.29, 1.82) is 0 Å². The second kappa shape index (κ2) is 6.10. The number of hydrogen-bond acceptors (Lipinski definition) is 2. The van der Waals surface area contributed by atoms with Crippen LogP contribution in [0, 0.1) is 10.6 Å². The first kappa shape index (κ1) is 13.8. The molecule has 3 rings (SSSR count). The summed E-state index contributed by atoms with van der Waals surface area (Å²) in [5.41, 5.74) is 1.64. The topological polar surface area (TPSA) is 29.9 Å². The molecule has 0 unspecified atom stereocenters. The minimum Gasteiger partial charge on any atom is -0.494 e. The lowest BCUT2D eigenvalue weighted by Gasteiger charge is -2.07. The number of benzene rings is 2. The Labute approximate surface area is 127 Å². The van der Waals surface area contributed by atoms with Gasteiger partial charge in [-0.25, -0.2) is 4.39 Å². The third-order valence-corrected chi connectivity index (χ3v) is 3.60. The third-order valence-electron chi connectivity index (χ3n) is 3.27. The summed E-state index contributed by atoms with van der Waals surface area (Å²) in [7, 11) is 0. The summed E-state index contributed by atoms with van der Waals surface area (Å²) in [5.74, 6) is 0.598. The van der Waals surface area contributed by atoms with E-state index in [-0.39, 0.29) is 5.82 Å². The minimum atomic E-state index is -0.265. The van der Waals surface area contributed by atoms with Crippen LogP contribution < -0.4 is 4.74 Å². The van der Waals surface area contributed by atoms with Gasteiger partial charge in [0.1, 0.15) is 11.6 Å². The van der Waals surface area contributed by atoms with Gasteiger partial charge in [-0.2, -0.15) is 0 Å². The molecule has 0 radical (unpaired) electrons. The number of nitrogens with one attached hydrogen (secondary N) is 1. The molecular formula is C16H15FN2OS. The Kier molecular flexibility index (Phi) is 4.01. The van der Waals surface area contributed by atoms with Crippen molar-refractivity contribution in [3.8, 4) is 5.75 Å². The van der Waals surface area contributed by atoms with Gasteiger partial charge in [0.05, 0.1) is 17.6 Å². The molecule has 1 N–H and O–H groups in total. The molecule has 0 bridgehead atoms. The molecule has 0 aliphatic carbocycles. The van der Waals surface area contributed by atoms with E-state index >= 15 is 0 Å². The first-order valence-corrected chi connectivity index (χ1v) is 7.21. The van der Waals surface area contributed by atoms with Gasteiger partial charge in [-0.3, -0.25) is 0 Å². The lowest BCUT2D eigenvalue weighted by molar-refractivity contribution is 0.302. The van der Waals surface area contributed by atoms with Gasteiger partial charge in [-0.05, 0) is 49.0 Å². The van der Waals surface area contributed by atoms with Crippen LogP contribution in [0.4, 0.5) is 4.39 Å². The van der Waals surface area contributed by atoms with Crippen LogP contribution in [-0.4, -0.2) is 16.2 Å². The first-order chi connectivity index (χ1) is 10.2. The van der Waals surface area contributed by atoms with E-state index in [1.54, 1.807) is 6.07 Å². The lowest BCUT2D eigenvalue weighted by Crippen LogP contribution is -2.04. The number of hydrogen-bond donors (Lipinski definition) is 1. The molecule has 0 saturated carbocycles. The molecule has 1 aromatic heterocycles. The summed E-state index contributed by atoms with van der Waals surface area (Å²) in [4.78, 5) is 3.02. The van der Waals surface area contributed by atoms with Crippen LogP contribution >= 0.6 is 12.2 Å². The van der Waals surface area contributed by atoms with E-state index in [4.69, 9.17) is 17.0 Å². The Morgan fingerprint density at radius 1 is 1.14 bits per heavy atom. The fraction of sp³-hybridized carbons (Fsp3) is 0.188. The first-order valence-electron chi connectivity index (χ1n) is 6.80. The van der Waals surface area contributed by atoms with Gasteiger partial charge in [-0.15, -0.1) is 0 Å². The second-order valence-corrected chi connectivity index (χ2v) is 5.15. The minimum absolute atomic E-state index is 0.265. The van der Waals surface area contributed by atoms with Gasteiger partial charge in [-0.1, -0.05) is 18.2 Å². The molecule has 1 heterocycles. The van der Waals surface area contributed by atoms with E-state index in [9.17, 15) is 4.39 Å². The quantitative estimate of drug-likeness (QED) is 0.562. The molecule has 108 valence electrons. The number of aromatic amines is 1. The zero-order valence-corrected chi connectivity index (χ0v) is 12.2. The van der Waals surface area contributed by atoms with Gasteiger partial charge < -0.3 is 14.3 Å². The maximum atomic E-state index is 13.2. The summed E-state index contributed by atoms with van der Waals surface area (Å²) in [6, 6.07) is 14.4. The predicted octanol–water partition coefficient (Wildman–Crippen LogP) is 4.31. The Morgan fingerprint density at radius 2 is 1.95 bits per heavy atom. The molecule has 3 aromatic rings. The summed E-state index contributed by atoms with van der Waals surface area (Å²) < 4.78 is 21.4. The average Bonchev–Trinajstić information content (AvgIpc) is 2.79. The standard InChI is InChI=1S/C16H15FN2OS/c17-12-7-8-15-14(11-12)18-16(21)19(15)9-4-10-20-13-5-2-1-3-6-13/h1-3,5-8,11H,4,9-10H2,(H,18,21). The van der Waals surface area contributed by atoms with Crippen molar-refractivity contribution >= 4 is 23.3 Å². The van der Waals surface area contributed by atoms with Crippen molar-refractivity contribution in [3.63, 3.8) is 0 Å². The Balaban J connectivity index is 1.66. The van der Waals surface area contributed by atoms with E-state index in [1.807, 2.05) is 34.9 Å². The Hall–Kier alpha value is -2.14. The second-order valence-electron chi connectivity index (χ2n) is 4.76.